The standard InChI is InChI=1S/C26H26ClN3O3S.C25H29ClN2O4S/c27-22-7-4-8-23(19-22)28-13-15-29(16-14-28)34(32,33)24-9-10-25-21(18-24)11-12-30(25)26(31)17-20-5-2-1-3-6-20;1-18(29)8-11-25(30)24-7-2-4-19-16-22(9-10-23(19)24)33(31,32)28-14-12-27(13-15-28)21-6-3-5-20(26)17-21/h1-10,18-19H,11-17H2;3,5-6,9-10,16-17,24H,2,4,7-8,11-15H2,1H3. The number of rotatable bonds is 12. The Kier molecular flexibility index (Phi) is 15.2. The molecule has 16 heteroatoms. The van der Waals surface area contributed by atoms with Gasteiger partial charge in [-0.3, -0.25) is 9.59 Å². The number of amides is 1. The minimum absolute atomic E-state index is 0.0104. The van der Waals surface area contributed by atoms with E-state index in [1.165, 1.54) is 11.2 Å². The van der Waals surface area contributed by atoms with Gasteiger partial charge in [-0.25, -0.2) is 16.8 Å². The van der Waals surface area contributed by atoms with Gasteiger partial charge >= 0.3 is 0 Å². The lowest BCUT2D eigenvalue weighted by Gasteiger charge is -2.35. The molecule has 352 valence electrons. The van der Waals surface area contributed by atoms with Gasteiger partial charge in [0.1, 0.15) is 11.6 Å². The number of hydrogen-bond donors (Lipinski definition) is 0. The zero-order chi connectivity index (χ0) is 47.3. The number of nitrogens with zero attached hydrogens (tertiary/aromatic N) is 5. The van der Waals surface area contributed by atoms with Crippen molar-refractivity contribution in [1.29, 1.82) is 0 Å². The quantitative estimate of drug-likeness (QED) is 0.121. The lowest BCUT2D eigenvalue weighted by atomic mass is 9.79. The summed E-state index contributed by atoms with van der Waals surface area (Å²) in [6, 6.07) is 35.2. The molecule has 5 aromatic rings. The molecular formula is C51H55Cl2N5O7S2. The fourth-order valence-electron chi connectivity index (χ4n) is 9.44. The van der Waals surface area contributed by atoms with Crippen LogP contribution in [-0.4, -0.2) is 102 Å². The fraction of sp³-hybridized carbons (Fsp3) is 0.353. The molecule has 0 spiro atoms. The van der Waals surface area contributed by atoms with Crippen LogP contribution in [0, 0.1) is 0 Å². The number of Topliss-reactive ketones (excluding diaryl/α,β-unsaturated/α-hetero) is 2. The van der Waals surface area contributed by atoms with Gasteiger partial charge in [-0.1, -0.05) is 71.7 Å². The molecule has 12 nitrogen and oxygen atoms in total. The molecule has 9 rings (SSSR count). The number of carbonyl (C=O) groups excluding carboxylic acids is 3. The van der Waals surface area contributed by atoms with Gasteiger partial charge in [0.05, 0.1) is 16.2 Å². The van der Waals surface area contributed by atoms with Gasteiger partial charge in [-0.15, -0.1) is 0 Å². The van der Waals surface area contributed by atoms with Gasteiger partial charge in [-0.05, 0) is 122 Å². The van der Waals surface area contributed by atoms with Crippen LogP contribution in [0.15, 0.2) is 125 Å². The Morgan fingerprint density at radius 1 is 0.582 bits per heavy atom. The maximum absolute atomic E-state index is 13.3. The number of anilines is 3. The molecule has 0 radical (unpaired) electrons. The van der Waals surface area contributed by atoms with Crippen LogP contribution in [0.1, 0.15) is 60.8 Å². The predicted molar refractivity (Wildman–Crippen MR) is 265 cm³/mol. The van der Waals surface area contributed by atoms with E-state index in [9.17, 15) is 31.2 Å². The normalized spacial score (nSPS) is 17.8. The Morgan fingerprint density at radius 3 is 1.69 bits per heavy atom. The molecule has 2 saturated heterocycles. The van der Waals surface area contributed by atoms with E-state index in [1.807, 2.05) is 78.9 Å². The average molecular weight is 985 g/mol. The van der Waals surface area contributed by atoms with Crippen molar-refractivity contribution in [1.82, 2.24) is 8.61 Å². The number of aryl methyl sites for hydroxylation is 1. The first-order chi connectivity index (χ1) is 32.2. The molecule has 4 aliphatic rings. The summed E-state index contributed by atoms with van der Waals surface area (Å²) < 4.78 is 56.5. The van der Waals surface area contributed by atoms with Crippen LogP contribution in [0.2, 0.25) is 10.0 Å². The van der Waals surface area contributed by atoms with E-state index in [-0.39, 0.29) is 41.1 Å². The number of ketones is 2. The third kappa shape index (κ3) is 11.3. The summed E-state index contributed by atoms with van der Waals surface area (Å²) in [6.45, 7) is 6.08. The number of benzene rings is 5. The highest BCUT2D eigenvalue weighted by molar-refractivity contribution is 7.89. The number of piperazine rings is 2. The van der Waals surface area contributed by atoms with Gasteiger partial charge in [0, 0.05) is 105 Å². The van der Waals surface area contributed by atoms with Crippen molar-refractivity contribution in [3.63, 3.8) is 0 Å². The van der Waals surface area contributed by atoms with Crippen LogP contribution in [0.5, 0.6) is 0 Å². The van der Waals surface area contributed by atoms with Crippen molar-refractivity contribution in [2.24, 2.45) is 0 Å². The second kappa shape index (κ2) is 21.1. The van der Waals surface area contributed by atoms with Gasteiger partial charge < -0.3 is 19.5 Å². The van der Waals surface area contributed by atoms with E-state index >= 15 is 0 Å². The van der Waals surface area contributed by atoms with E-state index in [1.54, 1.807) is 45.6 Å². The molecule has 3 heterocycles. The summed E-state index contributed by atoms with van der Waals surface area (Å²) in [6.07, 6.45) is 3.85. The van der Waals surface area contributed by atoms with Crippen molar-refractivity contribution in [3.8, 4) is 0 Å². The molecular weight excluding hydrogens is 930 g/mol. The zero-order valence-electron chi connectivity index (χ0n) is 37.5. The summed E-state index contributed by atoms with van der Waals surface area (Å²) in [7, 11) is -7.22. The molecule has 0 saturated carbocycles. The Labute approximate surface area is 404 Å². The first-order valence-corrected chi connectivity index (χ1v) is 26.4. The Hall–Kier alpha value is -5.09. The highest BCUT2D eigenvalue weighted by Gasteiger charge is 2.34. The van der Waals surface area contributed by atoms with Crippen LogP contribution in [0.4, 0.5) is 17.1 Å². The summed E-state index contributed by atoms with van der Waals surface area (Å²) in [5, 5.41) is 1.33. The Morgan fingerprint density at radius 2 is 1.13 bits per heavy atom. The van der Waals surface area contributed by atoms with E-state index < -0.39 is 20.0 Å². The first kappa shape index (κ1) is 48.4. The Balaban J connectivity index is 0.000000182. The fourth-order valence-corrected chi connectivity index (χ4v) is 12.8. The maximum atomic E-state index is 13.3. The number of halogens is 2. The topological polar surface area (TPSA) is 136 Å². The van der Waals surface area contributed by atoms with Gasteiger partial charge in [-0.2, -0.15) is 8.61 Å². The SMILES string of the molecule is CC(=O)CCC(=O)C1CCCc2cc(S(=O)(=O)N3CCN(c4cccc(Cl)c4)CC3)ccc21.O=C(Cc1ccccc1)N1CCc2cc(S(=O)(=O)N3CCN(c4cccc(Cl)c4)CC3)ccc21. The van der Waals surface area contributed by atoms with Crippen molar-refractivity contribution >= 4 is 77.8 Å². The van der Waals surface area contributed by atoms with E-state index in [4.69, 9.17) is 23.2 Å². The maximum Gasteiger partial charge on any atom is 0.243 e. The van der Waals surface area contributed by atoms with Crippen LogP contribution >= 0.6 is 23.2 Å². The predicted octanol–water partition coefficient (Wildman–Crippen LogP) is 8.19. The lowest BCUT2D eigenvalue weighted by Crippen LogP contribution is -2.48. The van der Waals surface area contributed by atoms with Crippen molar-refractivity contribution < 1.29 is 31.2 Å². The van der Waals surface area contributed by atoms with Gasteiger partial charge in [0.25, 0.3) is 0 Å². The summed E-state index contributed by atoms with van der Waals surface area (Å²) in [5.41, 5.74) is 6.53. The van der Waals surface area contributed by atoms with Crippen LogP contribution in [0.3, 0.4) is 0 Å². The first-order valence-electron chi connectivity index (χ1n) is 22.8. The van der Waals surface area contributed by atoms with Crippen LogP contribution in [-0.2, 0) is 53.7 Å². The Bertz CT molecular complexity index is 2850. The second-order valence-electron chi connectivity index (χ2n) is 17.5. The molecule has 1 atom stereocenters. The largest absolute Gasteiger partial charge is 0.369 e. The molecule has 0 bridgehead atoms. The van der Waals surface area contributed by atoms with Gasteiger partial charge in [0.2, 0.25) is 26.0 Å². The molecule has 0 N–H and O–H groups in total. The second-order valence-corrected chi connectivity index (χ2v) is 22.2. The van der Waals surface area contributed by atoms with Gasteiger partial charge in [0.15, 0.2) is 0 Å². The molecule has 2 fully saturated rings. The van der Waals surface area contributed by atoms with E-state index in [0.717, 1.165) is 58.6 Å². The summed E-state index contributed by atoms with van der Waals surface area (Å²) in [4.78, 5) is 43.4. The number of sulfonamides is 2. The molecule has 0 aromatic heterocycles. The smallest absolute Gasteiger partial charge is 0.243 e. The highest BCUT2D eigenvalue weighted by atomic mass is 35.5. The third-order valence-electron chi connectivity index (χ3n) is 13.1. The number of carbonyl (C=O) groups is 3. The molecule has 1 amide bonds. The highest BCUT2D eigenvalue weighted by Crippen LogP contribution is 2.36. The average Bonchev–Trinajstić information content (AvgIpc) is 3.77. The minimum Gasteiger partial charge on any atom is -0.369 e. The zero-order valence-corrected chi connectivity index (χ0v) is 40.7. The van der Waals surface area contributed by atoms with E-state index in [2.05, 4.69) is 9.80 Å². The van der Waals surface area contributed by atoms with E-state index in [0.29, 0.717) is 86.7 Å². The van der Waals surface area contributed by atoms with Crippen molar-refractivity contribution in [2.75, 3.05) is 73.6 Å². The molecule has 3 aliphatic heterocycles. The third-order valence-corrected chi connectivity index (χ3v) is 17.3. The molecule has 67 heavy (non-hydrogen) atoms. The van der Waals surface area contributed by atoms with Crippen molar-refractivity contribution in [2.45, 2.75) is 67.6 Å². The lowest BCUT2D eigenvalue weighted by molar-refractivity contribution is -0.124. The molecule has 1 unspecified atom stereocenters. The monoisotopic (exact) mass is 983 g/mol. The number of hydrogen-bond acceptors (Lipinski definition) is 9. The van der Waals surface area contributed by atoms with Crippen LogP contribution in [0.25, 0.3) is 0 Å². The minimum atomic E-state index is -3.62. The van der Waals surface area contributed by atoms with Crippen molar-refractivity contribution in [3.05, 3.63) is 148 Å². The molecule has 1 aliphatic carbocycles. The summed E-state index contributed by atoms with van der Waals surface area (Å²) >= 11 is 12.2. The summed E-state index contributed by atoms with van der Waals surface area (Å²) in [5.74, 6) is -0.140. The van der Waals surface area contributed by atoms with Crippen LogP contribution < -0.4 is 14.7 Å². The number of fused-ring (bicyclic) bond motifs is 2. The molecule has 5 aromatic carbocycles.